The van der Waals surface area contributed by atoms with Crippen LogP contribution in [0.5, 0.6) is 0 Å². The minimum Gasteiger partial charge on any atom is -0.370 e. The van der Waals surface area contributed by atoms with Crippen LogP contribution in [0.15, 0.2) is 23.2 Å². The van der Waals surface area contributed by atoms with Gasteiger partial charge in [-0.1, -0.05) is 19.9 Å². The fourth-order valence-electron chi connectivity index (χ4n) is 1.83. The van der Waals surface area contributed by atoms with Crippen LogP contribution in [-0.2, 0) is 0 Å². The summed E-state index contributed by atoms with van der Waals surface area (Å²) in [5.74, 6) is 0.517. The highest BCUT2D eigenvalue weighted by Crippen LogP contribution is 2.47. The summed E-state index contributed by atoms with van der Waals surface area (Å²) in [6.45, 7) is 8.62. The molecule has 92 valence electrons. The molecule has 17 heavy (non-hydrogen) atoms. The Kier molecular flexibility index (Phi) is 2.86. The number of benzene rings is 1. The molecule has 1 aromatic carbocycles. The number of aliphatic imine (C=N–C) groups is 1. The molecule has 0 aromatic heterocycles. The molecule has 0 amide bonds. The maximum atomic E-state index is 5.89. The Morgan fingerprint density at radius 3 is 2.53 bits per heavy atom. The summed E-state index contributed by atoms with van der Waals surface area (Å²) in [6, 6.07) is 6.59. The van der Waals surface area contributed by atoms with E-state index in [0.29, 0.717) is 17.4 Å². The number of aryl methyl sites for hydroxylation is 2. The summed E-state index contributed by atoms with van der Waals surface area (Å²) in [5, 5.41) is 3.15. The molecule has 1 unspecified atom stereocenters. The first kappa shape index (κ1) is 12.0. The minimum absolute atomic E-state index is 0.329. The third kappa shape index (κ3) is 2.78. The average Bonchev–Trinajstić information content (AvgIpc) is 2.79. The number of nitrogens with zero attached hydrogens (tertiary/aromatic N) is 1. The maximum Gasteiger partial charge on any atom is 0.193 e. The van der Waals surface area contributed by atoms with Crippen LogP contribution in [0, 0.1) is 19.3 Å². The fourth-order valence-corrected chi connectivity index (χ4v) is 1.83. The summed E-state index contributed by atoms with van der Waals surface area (Å²) in [5.41, 5.74) is 9.78. The second-order valence-corrected chi connectivity index (χ2v) is 5.65. The van der Waals surface area contributed by atoms with Gasteiger partial charge in [-0.15, -0.1) is 0 Å². The lowest BCUT2D eigenvalue weighted by Gasteiger charge is -2.08. The zero-order valence-electron chi connectivity index (χ0n) is 11.0. The molecular formula is C14H21N3. The summed E-state index contributed by atoms with van der Waals surface area (Å²) in [4.78, 5) is 4.47. The van der Waals surface area contributed by atoms with Crippen LogP contribution in [0.1, 0.15) is 31.4 Å². The lowest BCUT2D eigenvalue weighted by atomic mass is 10.1. The largest absolute Gasteiger partial charge is 0.370 e. The lowest BCUT2D eigenvalue weighted by Crippen LogP contribution is -2.23. The number of nitrogens with one attached hydrogen (secondary N) is 1. The van der Waals surface area contributed by atoms with E-state index in [0.717, 1.165) is 12.1 Å². The van der Waals surface area contributed by atoms with E-state index in [1.807, 2.05) is 6.07 Å². The molecule has 0 radical (unpaired) electrons. The summed E-state index contributed by atoms with van der Waals surface area (Å²) >= 11 is 0. The Morgan fingerprint density at radius 2 is 2.00 bits per heavy atom. The molecule has 1 atom stereocenters. The molecule has 1 fully saturated rings. The molecule has 2 rings (SSSR count). The van der Waals surface area contributed by atoms with Crippen molar-refractivity contribution in [1.82, 2.24) is 0 Å². The highest BCUT2D eigenvalue weighted by molar-refractivity contribution is 5.92. The standard InChI is InChI=1S/C14H21N3/c1-9-5-6-11(7-10(9)2)16-13(15)17-12-8-14(12,3)4/h5-7,12H,8H2,1-4H3,(H3,15,16,17). The van der Waals surface area contributed by atoms with Crippen LogP contribution in [0.25, 0.3) is 0 Å². The van der Waals surface area contributed by atoms with E-state index in [-0.39, 0.29) is 0 Å². The smallest absolute Gasteiger partial charge is 0.193 e. The molecule has 1 aliphatic rings. The van der Waals surface area contributed by atoms with E-state index in [9.17, 15) is 0 Å². The van der Waals surface area contributed by atoms with Crippen LogP contribution >= 0.6 is 0 Å². The van der Waals surface area contributed by atoms with Gasteiger partial charge in [-0.05, 0) is 48.9 Å². The van der Waals surface area contributed by atoms with Crippen molar-refractivity contribution >= 4 is 11.6 Å². The van der Waals surface area contributed by atoms with E-state index in [1.54, 1.807) is 0 Å². The van der Waals surface area contributed by atoms with E-state index in [1.165, 1.54) is 11.1 Å². The number of guanidine groups is 1. The van der Waals surface area contributed by atoms with Crippen molar-refractivity contribution in [1.29, 1.82) is 0 Å². The van der Waals surface area contributed by atoms with Crippen molar-refractivity contribution in [2.24, 2.45) is 16.1 Å². The molecule has 3 heteroatoms. The number of anilines is 1. The Morgan fingerprint density at radius 1 is 1.35 bits per heavy atom. The van der Waals surface area contributed by atoms with Gasteiger partial charge in [-0.25, -0.2) is 4.99 Å². The normalized spacial score (nSPS) is 22.4. The Labute approximate surface area is 103 Å². The van der Waals surface area contributed by atoms with E-state index >= 15 is 0 Å². The molecule has 0 aliphatic heterocycles. The number of nitrogens with two attached hydrogens (primary N) is 1. The quantitative estimate of drug-likeness (QED) is 0.607. The van der Waals surface area contributed by atoms with Crippen molar-refractivity contribution in [3.8, 4) is 0 Å². The van der Waals surface area contributed by atoms with Crippen molar-refractivity contribution in [2.45, 2.75) is 40.2 Å². The minimum atomic E-state index is 0.329. The van der Waals surface area contributed by atoms with Crippen molar-refractivity contribution < 1.29 is 0 Å². The van der Waals surface area contributed by atoms with Crippen LogP contribution in [-0.4, -0.2) is 12.0 Å². The zero-order chi connectivity index (χ0) is 12.6. The SMILES string of the molecule is Cc1ccc(NC(N)=NC2CC2(C)C)cc1C. The molecule has 1 aliphatic carbocycles. The van der Waals surface area contributed by atoms with Crippen molar-refractivity contribution in [3.63, 3.8) is 0 Å². The molecule has 3 nitrogen and oxygen atoms in total. The van der Waals surface area contributed by atoms with Gasteiger partial charge in [0, 0.05) is 5.69 Å². The van der Waals surface area contributed by atoms with Crippen LogP contribution in [0.4, 0.5) is 5.69 Å². The van der Waals surface area contributed by atoms with E-state index < -0.39 is 0 Å². The highest BCUT2D eigenvalue weighted by atomic mass is 15.1. The topological polar surface area (TPSA) is 50.4 Å². The van der Waals surface area contributed by atoms with Gasteiger partial charge < -0.3 is 11.1 Å². The first-order valence-electron chi connectivity index (χ1n) is 6.06. The van der Waals surface area contributed by atoms with Crippen LogP contribution in [0.2, 0.25) is 0 Å². The first-order chi connectivity index (χ1) is 7.88. The molecule has 0 bridgehead atoms. The van der Waals surface area contributed by atoms with E-state index in [4.69, 9.17) is 5.73 Å². The summed E-state index contributed by atoms with van der Waals surface area (Å²) in [6.07, 6.45) is 1.13. The van der Waals surface area contributed by atoms with Gasteiger partial charge in [-0.3, -0.25) is 0 Å². The molecule has 3 N–H and O–H groups in total. The van der Waals surface area contributed by atoms with Gasteiger partial charge in [0.2, 0.25) is 0 Å². The average molecular weight is 231 g/mol. The first-order valence-corrected chi connectivity index (χ1v) is 6.06. The second kappa shape index (κ2) is 4.06. The Bertz CT molecular complexity index is 461. The maximum absolute atomic E-state index is 5.89. The van der Waals surface area contributed by atoms with Crippen LogP contribution in [0.3, 0.4) is 0 Å². The molecular weight excluding hydrogens is 210 g/mol. The highest BCUT2D eigenvalue weighted by Gasteiger charge is 2.45. The van der Waals surface area contributed by atoms with Crippen molar-refractivity contribution in [3.05, 3.63) is 29.3 Å². The third-order valence-corrected chi connectivity index (χ3v) is 3.54. The van der Waals surface area contributed by atoms with Gasteiger partial charge in [-0.2, -0.15) is 0 Å². The predicted molar refractivity (Wildman–Crippen MR) is 73.3 cm³/mol. The number of hydrogen-bond acceptors (Lipinski definition) is 1. The summed E-state index contributed by atoms with van der Waals surface area (Å²) < 4.78 is 0. The number of rotatable bonds is 2. The Balaban J connectivity index is 2.03. The van der Waals surface area contributed by atoms with Crippen LogP contribution < -0.4 is 11.1 Å². The molecule has 1 aromatic rings. The van der Waals surface area contributed by atoms with Gasteiger partial charge in [0.05, 0.1) is 6.04 Å². The van der Waals surface area contributed by atoms with Gasteiger partial charge in [0.15, 0.2) is 5.96 Å². The van der Waals surface area contributed by atoms with Crippen molar-refractivity contribution in [2.75, 3.05) is 5.32 Å². The monoisotopic (exact) mass is 231 g/mol. The summed E-state index contributed by atoms with van der Waals surface area (Å²) in [7, 11) is 0. The van der Waals surface area contributed by atoms with E-state index in [2.05, 4.69) is 50.1 Å². The molecule has 1 saturated carbocycles. The lowest BCUT2D eigenvalue weighted by molar-refractivity contribution is 0.618. The van der Waals surface area contributed by atoms with Gasteiger partial charge in [0.25, 0.3) is 0 Å². The van der Waals surface area contributed by atoms with Gasteiger partial charge in [0.1, 0.15) is 0 Å². The second-order valence-electron chi connectivity index (χ2n) is 5.65. The predicted octanol–water partition coefficient (Wildman–Crippen LogP) is 2.83. The molecule has 0 spiro atoms. The fraction of sp³-hybridized carbons (Fsp3) is 0.500. The third-order valence-electron chi connectivity index (χ3n) is 3.54. The number of hydrogen-bond donors (Lipinski definition) is 2. The van der Waals surface area contributed by atoms with Gasteiger partial charge >= 0.3 is 0 Å². The molecule has 0 heterocycles. The Hall–Kier alpha value is -1.51. The zero-order valence-corrected chi connectivity index (χ0v) is 11.0. The molecule has 0 saturated heterocycles.